The van der Waals surface area contributed by atoms with Crippen molar-refractivity contribution >= 4 is 34.5 Å². The first kappa shape index (κ1) is 17.1. The molecule has 3 rings (SSSR count). The van der Waals surface area contributed by atoms with Gasteiger partial charge in [-0.2, -0.15) is 11.3 Å². The Balaban J connectivity index is 1.56. The third-order valence-electron chi connectivity index (χ3n) is 4.19. The summed E-state index contributed by atoms with van der Waals surface area (Å²) in [6.07, 6.45) is 2.39. The highest BCUT2D eigenvalue weighted by molar-refractivity contribution is 7.14. The molecule has 0 bridgehead atoms. The molecule has 128 valence electrons. The number of nitrogens with zero attached hydrogens (tertiary/aromatic N) is 2. The summed E-state index contributed by atoms with van der Waals surface area (Å²) in [5.74, 6) is 0.120. The van der Waals surface area contributed by atoms with Crippen LogP contribution in [0.1, 0.15) is 36.7 Å². The molecule has 5 nitrogen and oxygen atoms in total. The predicted molar refractivity (Wildman–Crippen MR) is 97.4 cm³/mol. The molecule has 2 amide bonds. The highest BCUT2D eigenvalue weighted by Gasteiger charge is 2.28. The summed E-state index contributed by atoms with van der Waals surface area (Å²) in [5.41, 5.74) is 1.57. The second-order valence-corrected chi connectivity index (χ2v) is 7.55. The van der Waals surface area contributed by atoms with E-state index >= 15 is 0 Å². The van der Waals surface area contributed by atoms with E-state index in [-0.39, 0.29) is 17.7 Å². The normalized spacial score (nSPS) is 15.5. The number of piperidine rings is 1. The Labute approximate surface area is 149 Å². The maximum absolute atomic E-state index is 12.6. The molecule has 2 aromatic heterocycles. The first-order valence-corrected chi connectivity index (χ1v) is 10.1. The van der Waals surface area contributed by atoms with Crippen LogP contribution in [0.15, 0.2) is 22.2 Å². The molecule has 3 heterocycles. The van der Waals surface area contributed by atoms with Crippen molar-refractivity contribution in [1.82, 2.24) is 15.2 Å². The summed E-state index contributed by atoms with van der Waals surface area (Å²) < 4.78 is 0. The number of carbonyl (C=O) groups is 2. The van der Waals surface area contributed by atoms with Crippen molar-refractivity contribution in [3.05, 3.63) is 27.9 Å². The topological polar surface area (TPSA) is 62.3 Å². The molecule has 1 N–H and O–H groups in total. The third-order valence-corrected chi connectivity index (χ3v) is 5.77. The van der Waals surface area contributed by atoms with Gasteiger partial charge in [0.15, 0.2) is 0 Å². The highest BCUT2D eigenvalue weighted by atomic mass is 32.1. The van der Waals surface area contributed by atoms with Gasteiger partial charge < -0.3 is 10.2 Å². The molecule has 0 atom stereocenters. The van der Waals surface area contributed by atoms with Crippen LogP contribution in [0.3, 0.4) is 0 Å². The van der Waals surface area contributed by atoms with Gasteiger partial charge in [-0.15, -0.1) is 11.3 Å². The monoisotopic (exact) mass is 363 g/mol. The molecule has 7 heteroatoms. The molecular formula is C17H21N3O2S2. The van der Waals surface area contributed by atoms with Crippen LogP contribution >= 0.6 is 22.7 Å². The van der Waals surface area contributed by atoms with Crippen molar-refractivity contribution in [1.29, 1.82) is 0 Å². The van der Waals surface area contributed by atoms with Gasteiger partial charge in [-0.3, -0.25) is 9.59 Å². The number of thiophene rings is 1. The maximum atomic E-state index is 12.6. The largest absolute Gasteiger partial charge is 0.356 e. The number of amides is 2. The van der Waals surface area contributed by atoms with Crippen LogP contribution in [-0.4, -0.2) is 41.3 Å². The predicted octanol–water partition coefficient (Wildman–Crippen LogP) is 3.25. The zero-order chi connectivity index (χ0) is 16.9. The Morgan fingerprint density at radius 2 is 2.12 bits per heavy atom. The molecule has 1 aliphatic heterocycles. The molecule has 2 aromatic rings. The standard InChI is InChI=1S/C17H21N3O2S2/c1-2-6-18-15(21)12-3-7-20(8-4-12)17(22)14-11-24-16(19-14)13-5-9-23-10-13/h5,9-12H,2-4,6-8H2,1H3,(H,18,21). The fourth-order valence-corrected chi connectivity index (χ4v) is 4.30. The quantitative estimate of drug-likeness (QED) is 0.887. The Kier molecular flexibility index (Phi) is 5.63. The fourth-order valence-electron chi connectivity index (χ4n) is 2.79. The van der Waals surface area contributed by atoms with E-state index in [4.69, 9.17) is 0 Å². The van der Waals surface area contributed by atoms with E-state index in [1.807, 2.05) is 34.0 Å². The minimum absolute atomic E-state index is 0.0254. The van der Waals surface area contributed by atoms with Crippen molar-refractivity contribution < 1.29 is 9.59 Å². The van der Waals surface area contributed by atoms with Gasteiger partial charge in [0, 0.05) is 41.9 Å². The molecule has 1 fully saturated rings. The van der Waals surface area contributed by atoms with E-state index < -0.39 is 0 Å². The van der Waals surface area contributed by atoms with Crippen LogP contribution < -0.4 is 5.32 Å². The van der Waals surface area contributed by atoms with Crippen LogP contribution in [0.2, 0.25) is 0 Å². The smallest absolute Gasteiger partial charge is 0.273 e. The zero-order valence-electron chi connectivity index (χ0n) is 13.7. The number of likely N-dealkylation sites (tertiary alicyclic amines) is 1. The molecule has 0 unspecified atom stereocenters. The Bertz CT molecular complexity index is 689. The average molecular weight is 364 g/mol. The molecule has 0 radical (unpaired) electrons. The number of nitrogens with one attached hydrogen (secondary N) is 1. The Morgan fingerprint density at radius 3 is 2.79 bits per heavy atom. The second kappa shape index (κ2) is 7.90. The maximum Gasteiger partial charge on any atom is 0.273 e. The molecule has 1 aliphatic rings. The van der Waals surface area contributed by atoms with Gasteiger partial charge in [0.1, 0.15) is 10.7 Å². The van der Waals surface area contributed by atoms with Crippen LogP contribution in [0.4, 0.5) is 0 Å². The van der Waals surface area contributed by atoms with Crippen LogP contribution in [-0.2, 0) is 4.79 Å². The average Bonchev–Trinajstić information content (AvgIpc) is 3.30. The van der Waals surface area contributed by atoms with Crippen LogP contribution in [0.5, 0.6) is 0 Å². The van der Waals surface area contributed by atoms with E-state index in [1.165, 1.54) is 11.3 Å². The van der Waals surface area contributed by atoms with Crippen molar-refractivity contribution in [3.63, 3.8) is 0 Å². The molecule has 0 aliphatic carbocycles. The minimum Gasteiger partial charge on any atom is -0.356 e. The van der Waals surface area contributed by atoms with E-state index in [0.717, 1.165) is 36.4 Å². The summed E-state index contributed by atoms with van der Waals surface area (Å²) in [5, 5.41) is 9.70. The minimum atomic E-state index is -0.0276. The Hall–Kier alpha value is -1.73. The lowest BCUT2D eigenvalue weighted by Gasteiger charge is -2.30. The van der Waals surface area contributed by atoms with Gasteiger partial charge in [0.05, 0.1) is 0 Å². The first-order chi connectivity index (χ1) is 11.7. The van der Waals surface area contributed by atoms with Crippen molar-refractivity contribution in [2.45, 2.75) is 26.2 Å². The number of carbonyl (C=O) groups excluding carboxylic acids is 2. The zero-order valence-corrected chi connectivity index (χ0v) is 15.3. The molecule has 1 saturated heterocycles. The van der Waals surface area contributed by atoms with E-state index in [9.17, 15) is 9.59 Å². The molecule has 0 aromatic carbocycles. The van der Waals surface area contributed by atoms with Gasteiger partial charge in [-0.25, -0.2) is 4.98 Å². The van der Waals surface area contributed by atoms with Gasteiger partial charge in [-0.05, 0) is 30.7 Å². The number of aromatic nitrogens is 1. The number of hydrogen-bond acceptors (Lipinski definition) is 5. The third kappa shape index (κ3) is 3.84. The van der Waals surface area contributed by atoms with E-state index in [1.54, 1.807) is 11.3 Å². The van der Waals surface area contributed by atoms with E-state index in [0.29, 0.717) is 18.8 Å². The molecule has 24 heavy (non-hydrogen) atoms. The fraction of sp³-hybridized carbons (Fsp3) is 0.471. The second-order valence-electron chi connectivity index (χ2n) is 5.91. The summed E-state index contributed by atoms with van der Waals surface area (Å²) >= 11 is 3.12. The van der Waals surface area contributed by atoms with Crippen LogP contribution in [0.25, 0.3) is 10.6 Å². The van der Waals surface area contributed by atoms with Gasteiger partial charge in [0.2, 0.25) is 5.91 Å². The lowest BCUT2D eigenvalue weighted by Crippen LogP contribution is -2.43. The lowest BCUT2D eigenvalue weighted by molar-refractivity contribution is -0.126. The molecular weight excluding hydrogens is 342 g/mol. The summed E-state index contributed by atoms with van der Waals surface area (Å²) in [7, 11) is 0. The number of hydrogen-bond donors (Lipinski definition) is 1. The summed E-state index contributed by atoms with van der Waals surface area (Å²) in [6, 6.07) is 2.01. The van der Waals surface area contributed by atoms with Gasteiger partial charge in [0.25, 0.3) is 5.91 Å². The van der Waals surface area contributed by atoms with Crippen molar-refractivity contribution in [2.75, 3.05) is 19.6 Å². The first-order valence-electron chi connectivity index (χ1n) is 8.24. The molecule has 0 saturated carbocycles. The van der Waals surface area contributed by atoms with Gasteiger partial charge >= 0.3 is 0 Å². The van der Waals surface area contributed by atoms with E-state index in [2.05, 4.69) is 10.3 Å². The molecule has 0 spiro atoms. The summed E-state index contributed by atoms with van der Waals surface area (Å²) in [4.78, 5) is 30.9. The summed E-state index contributed by atoms with van der Waals surface area (Å²) in [6.45, 7) is 4.00. The number of thiazole rings is 1. The SMILES string of the molecule is CCCNC(=O)C1CCN(C(=O)c2csc(-c3ccsc3)n2)CC1. The van der Waals surface area contributed by atoms with Crippen LogP contribution in [0, 0.1) is 5.92 Å². The Morgan fingerprint density at radius 1 is 1.33 bits per heavy atom. The van der Waals surface area contributed by atoms with Gasteiger partial charge in [-0.1, -0.05) is 6.92 Å². The number of rotatable bonds is 5. The highest BCUT2D eigenvalue weighted by Crippen LogP contribution is 2.27. The van der Waals surface area contributed by atoms with Crippen molar-refractivity contribution in [3.8, 4) is 10.6 Å². The lowest BCUT2D eigenvalue weighted by atomic mass is 9.95. The van der Waals surface area contributed by atoms with Crippen molar-refractivity contribution in [2.24, 2.45) is 5.92 Å².